The van der Waals surface area contributed by atoms with E-state index in [9.17, 15) is 19.2 Å². The molecule has 0 saturated heterocycles. The Hall–Kier alpha value is -3.88. The molecule has 0 spiro atoms. The molecule has 9 nitrogen and oxygen atoms in total. The maximum Gasteiger partial charge on any atom is 0.408 e. The highest BCUT2D eigenvalue weighted by Gasteiger charge is 2.29. The van der Waals surface area contributed by atoms with E-state index >= 15 is 0 Å². The van der Waals surface area contributed by atoms with E-state index in [1.807, 2.05) is 58.0 Å². The number of carbonyl (C=O) groups is 4. The molecule has 0 aliphatic carbocycles. The van der Waals surface area contributed by atoms with Gasteiger partial charge in [0.2, 0.25) is 5.91 Å². The van der Waals surface area contributed by atoms with Crippen LogP contribution in [0.15, 0.2) is 54.6 Å². The van der Waals surface area contributed by atoms with Gasteiger partial charge in [0.05, 0.1) is 12.7 Å². The zero-order valence-corrected chi connectivity index (χ0v) is 22.0. The monoisotopic (exact) mass is 512 g/mol. The average Bonchev–Trinajstić information content (AvgIpc) is 2.86. The Labute approximate surface area is 217 Å². The van der Waals surface area contributed by atoms with Crippen LogP contribution in [0.3, 0.4) is 0 Å². The number of ether oxygens (including phenoxy) is 3. The van der Waals surface area contributed by atoms with Crippen LogP contribution in [0.4, 0.5) is 4.79 Å². The SMILES string of the molecule is COC(=O)c1ccc(OC(=O)[C@H](CC(C)C)NC(=O)[C@@H](CC(C)C)NC(=O)OCc2ccccc2)cc1. The third-order valence-electron chi connectivity index (χ3n) is 5.33. The van der Waals surface area contributed by atoms with Gasteiger partial charge >= 0.3 is 18.0 Å². The van der Waals surface area contributed by atoms with Crippen molar-refractivity contribution < 1.29 is 33.4 Å². The minimum Gasteiger partial charge on any atom is -0.465 e. The summed E-state index contributed by atoms with van der Waals surface area (Å²) in [6, 6.07) is 13.3. The van der Waals surface area contributed by atoms with Gasteiger partial charge in [-0.25, -0.2) is 14.4 Å². The normalized spacial score (nSPS) is 12.4. The molecule has 2 rings (SSSR count). The second-order valence-electron chi connectivity index (χ2n) is 9.52. The smallest absolute Gasteiger partial charge is 0.408 e. The highest BCUT2D eigenvalue weighted by atomic mass is 16.5. The Balaban J connectivity index is 2.05. The minimum absolute atomic E-state index is 0.0692. The molecule has 2 atom stereocenters. The summed E-state index contributed by atoms with van der Waals surface area (Å²) < 4.78 is 15.4. The summed E-state index contributed by atoms with van der Waals surface area (Å²) in [4.78, 5) is 50.1. The summed E-state index contributed by atoms with van der Waals surface area (Å²) in [6.07, 6.45) is -0.0409. The first-order valence-electron chi connectivity index (χ1n) is 12.3. The molecule has 2 N–H and O–H groups in total. The highest BCUT2D eigenvalue weighted by Crippen LogP contribution is 2.16. The van der Waals surface area contributed by atoms with E-state index in [1.54, 1.807) is 0 Å². The van der Waals surface area contributed by atoms with E-state index in [0.29, 0.717) is 18.4 Å². The number of hydrogen-bond donors (Lipinski definition) is 2. The number of amides is 2. The van der Waals surface area contributed by atoms with E-state index in [2.05, 4.69) is 15.4 Å². The third-order valence-corrected chi connectivity index (χ3v) is 5.33. The maximum absolute atomic E-state index is 13.1. The molecule has 37 heavy (non-hydrogen) atoms. The van der Waals surface area contributed by atoms with E-state index in [4.69, 9.17) is 9.47 Å². The van der Waals surface area contributed by atoms with Crippen LogP contribution in [0, 0.1) is 11.8 Å². The van der Waals surface area contributed by atoms with Crippen molar-refractivity contribution >= 4 is 23.9 Å². The first kappa shape index (κ1) is 29.4. The van der Waals surface area contributed by atoms with Gasteiger partial charge in [0.1, 0.15) is 24.4 Å². The largest absolute Gasteiger partial charge is 0.465 e. The van der Waals surface area contributed by atoms with Crippen LogP contribution in [-0.4, -0.2) is 43.1 Å². The zero-order valence-electron chi connectivity index (χ0n) is 22.0. The van der Waals surface area contributed by atoms with Crippen molar-refractivity contribution in [3.63, 3.8) is 0 Å². The Morgan fingerprint density at radius 2 is 1.38 bits per heavy atom. The lowest BCUT2D eigenvalue weighted by molar-refractivity contribution is -0.140. The fraction of sp³-hybridized carbons (Fsp3) is 0.429. The fourth-order valence-electron chi connectivity index (χ4n) is 3.53. The van der Waals surface area contributed by atoms with E-state index in [0.717, 1.165) is 5.56 Å². The summed E-state index contributed by atoms with van der Waals surface area (Å²) in [6.45, 7) is 7.76. The van der Waals surface area contributed by atoms with Crippen molar-refractivity contribution in [3.05, 3.63) is 65.7 Å². The predicted octanol–water partition coefficient (Wildman–Crippen LogP) is 4.25. The number of nitrogens with one attached hydrogen (secondary N) is 2. The molecule has 2 amide bonds. The highest BCUT2D eigenvalue weighted by molar-refractivity contribution is 5.91. The van der Waals surface area contributed by atoms with Gasteiger partial charge < -0.3 is 24.8 Å². The van der Waals surface area contributed by atoms with Crippen molar-refractivity contribution in [1.82, 2.24) is 10.6 Å². The molecule has 200 valence electrons. The number of rotatable bonds is 12. The second-order valence-corrected chi connectivity index (χ2v) is 9.52. The van der Waals surface area contributed by atoms with Crippen molar-refractivity contribution in [2.75, 3.05) is 7.11 Å². The molecule has 0 heterocycles. The summed E-state index contributed by atoms with van der Waals surface area (Å²) in [5, 5.41) is 5.35. The van der Waals surface area contributed by atoms with Crippen molar-refractivity contribution in [2.45, 2.75) is 59.2 Å². The van der Waals surface area contributed by atoms with Crippen LogP contribution >= 0.6 is 0 Å². The van der Waals surface area contributed by atoms with Gasteiger partial charge in [-0.05, 0) is 54.5 Å². The molecule has 9 heteroatoms. The molecule has 2 aromatic carbocycles. The second kappa shape index (κ2) is 14.6. The minimum atomic E-state index is -0.940. The quantitative estimate of drug-likeness (QED) is 0.322. The van der Waals surface area contributed by atoms with Crippen LogP contribution in [0.25, 0.3) is 0 Å². The van der Waals surface area contributed by atoms with Gasteiger partial charge in [-0.2, -0.15) is 0 Å². The van der Waals surface area contributed by atoms with Crippen LogP contribution in [0.5, 0.6) is 5.75 Å². The van der Waals surface area contributed by atoms with Gasteiger partial charge in [-0.15, -0.1) is 0 Å². The van der Waals surface area contributed by atoms with Gasteiger partial charge in [-0.1, -0.05) is 58.0 Å². The Morgan fingerprint density at radius 3 is 1.95 bits per heavy atom. The molecule has 0 aliphatic heterocycles. The topological polar surface area (TPSA) is 120 Å². The van der Waals surface area contributed by atoms with Crippen LogP contribution in [0.2, 0.25) is 0 Å². The summed E-state index contributed by atoms with van der Waals surface area (Å²) in [5.74, 6) is -1.27. The fourth-order valence-corrected chi connectivity index (χ4v) is 3.53. The molecule has 0 aliphatic rings. The Kier molecular flexibility index (Phi) is 11.6. The number of benzene rings is 2. The number of carbonyl (C=O) groups excluding carboxylic acids is 4. The van der Waals surface area contributed by atoms with E-state index in [-0.39, 0.29) is 24.2 Å². The van der Waals surface area contributed by atoms with Crippen molar-refractivity contribution in [2.24, 2.45) is 11.8 Å². The van der Waals surface area contributed by atoms with Crippen LogP contribution in [0.1, 0.15) is 56.5 Å². The third kappa shape index (κ3) is 10.3. The standard InChI is InChI=1S/C28H36N2O7/c1-18(2)15-23(30-28(34)36-17-20-9-7-6-8-10-20)25(31)29-24(16-19(3)4)27(33)37-22-13-11-21(12-14-22)26(32)35-5/h6-14,18-19,23-24H,15-17H2,1-5H3,(H,29,31)(H,30,34)/t23-,24+/m1/s1. The van der Waals surface area contributed by atoms with Gasteiger partial charge in [-0.3, -0.25) is 4.79 Å². The molecule has 0 fully saturated rings. The lowest BCUT2D eigenvalue weighted by atomic mass is 10.0. The first-order valence-corrected chi connectivity index (χ1v) is 12.3. The summed E-state index contributed by atoms with van der Waals surface area (Å²) >= 11 is 0. The summed E-state index contributed by atoms with van der Waals surface area (Å²) in [5.41, 5.74) is 1.14. The molecule has 0 bridgehead atoms. The number of methoxy groups -OCH3 is 1. The molecule has 2 aromatic rings. The predicted molar refractivity (Wildman–Crippen MR) is 138 cm³/mol. The van der Waals surface area contributed by atoms with Gasteiger partial charge in [0.25, 0.3) is 0 Å². The number of alkyl carbamates (subject to hydrolysis) is 1. The number of esters is 2. The molecule has 0 saturated carbocycles. The lowest BCUT2D eigenvalue weighted by Crippen LogP contribution is -2.53. The average molecular weight is 513 g/mol. The van der Waals surface area contributed by atoms with Gasteiger partial charge in [0.15, 0.2) is 0 Å². The van der Waals surface area contributed by atoms with Crippen molar-refractivity contribution in [1.29, 1.82) is 0 Å². The van der Waals surface area contributed by atoms with E-state index < -0.39 is 36.0 Å². The Bertz CT molecular complexity index is 1040. The van der Waals surface area contributed by atoms with Crippen LogP contribution < -0.4 is 15.4 Å². The molecule has 0 unspecified atom stereocenters. The number of hydrogen-bond acceptors (Lipinski definition) is 7. The maximum atomic E-state index is 13.1. The lowest BCUT2D eigenvalue weighted by Gasteiger charge is -2.24. The van der Waals surface area contributed by atoms with Crippen molar-refractivity contribution in [3.8, 4) is 5.75 Å². The summed E-state index contributed by atoms with van der Waals surface area (Å²) in [7, 11) is 1.28. The van der Waals surface area contributed by atoms with Gasteiger partial charge in [0, 0.05) is 0 Å². The Morgan fingerprint density at radius 1 is 0.784 bits per heavy atom. The van der Waals surface area contributed by atoms with Crippen LogP contribution in [-0.2, 0) is 25.7 Å². The zero-order chi connectivity index (χ0) is 27.4. The molecule has 0 aromatic heterocycles. The first-order chi connectivity index (χ1) is 17.6. The molecular weight excluding hydrogens is 476 g/mol. The van der Waals surface area contributed by atoms with E-state index in [1.165, 1.54) is 31.4 Å². The molecule has 0 radical (unpaired) electrons. The molecular formula is C28H36N2O7.